The van der Waals surface area contributed by atoms with Gasteiger partial charge in [0.15, 0.2) is 0 Å². The highest BCUT2D eigenvalue weighted by Crippen LogP contribution is 2.48. The Kier molecular flexibility index (Phi) is 7.48. The molecule has 0 atom stereocenters. The smallest absolute Gasteiger partial charge is 0.334 e. The Morgan fingerprint density at radius 2 is 1.56 bits per heavy atom. The molecule has 8 heteroatoms. The van der Waals surface area contributed by atoms with Gasteiger partial charge in [0.05, 0.1) is 21.6 Å². The second-order valence-electron chi connectivity index (χ2n) is 8.63. The van der Waals surface area contributed by atoms with Gasteiger partial charge in [0.2, 0.25) is 0 Å². The van der Waals surface area contributed by atoms with E-state index < -0.39 is 23.2 Å². The van der Waals surface area contributed by atoms with Crippen molar-refractivity contribution < 1.29 is 24.2 Å². The van der Waals surface area contributed by atoms with Crippen molar-refractivity contribution in [3.8, 4) is 0 Å². The van der Waals surface area contributed by atoms with Crippen molar-refractivity contribution >= 4 is 23.5 Å². The third-order valence-corrected chi connectivity index (χ3v) is 6.74. The van der Waals surface area contributed by atoms with Gasteiger partial charge in [-0.25, -0.2) is 14.0 Å². The number of benzene rings is 2. The number of carboxylic acid groups (broad SMARTS) is 2. The lowest BCUT2D eigenvalue weighted by Crippen LogP contribution is -2.45. The number of allylic oxidation sites excluding steroid dienone is 2. The molecule has 1 heterocycles. The third-order valence-electron chi connectivity index (χ3n) is 6.45. The van der Waals surface area contributed by atoms with Gasteiger partial charge in [-0.05, 0) is 39.4 Å². The SMILES string of the molecule is CC1=C(C(=O)O)C(C)(c2cccc(Cl)c2F)C(C(=O)O)=C(C)N1CCN(C)Cc1ccccc1. The lowest BCUT2D eigenvalue weighted by atomic mass is 9.66. The van der Waals surface area contributed by atoms with Gasteiger partial charge in [0.25, 0.3) is 0 Å². The van der Waals surface area contributed by atoms with E-state index in [4.69, 9.17) is 11.6 Å². The van der Waals surface area contributed by atoms with Crippen LogP contribution < -0.4 is 0 Å². The number of carboxylic acids is 2. The van der Waals surface area contributed by atoms with Crippen LogP contribution in [0.5, 0.6) is 0 Å². The lowest BCUT2D eigenvalue weighted by molar-refractivity contribution is -0.134. The molecule has 0 saturated carbocycles. The number of carbonyl (C=O) groups is 2. The summed E-state index contributed by atoms with van der Waals surface area (Å²) in [6.07, 6.45) is 0. The number of rotatable bonds is 8. The summed E-state index contributed by atoms with van der Waals surface area (Å²) in [6.45, 7) is 6.28. The first-order chi connectivity index (χ1) is 16.0. The molecule has 1 aliphatic heterocycles. The summed E-state index contributed by atoms with van der Waals surface area (Å²) in [7, 11) is 1.94. The molecular weight excluding hydrogens is 459 g/mol. The van der Waals surface area contributed by atoms with Crippen LogP contribution in [-0.4, -0.2) is 52.1 Å². The molecule has 0 aliphatic carbocycles. The van der Waals surface area contributed by atoms with Gasteiger partial charge in [-0.15, -0.1) is 0 Å². The minimum Gasteiger partial charge on any atom is -0.478 e. The minimum atomic E-state index is -1.74. The summed E-state index contributed by atoms with van der Waals surface area (Å²) in [4.78, 5) is 28.7. The van der Waals surface area contributed by atoms with Gasteiger partial charge in [-0.3, -0.25) is 0 Å². The first kappa shape index (κ1) is 25.5. The average molecular weight is 487 g/mol. The predicted molar refractivity (Wildman–Crippen MR) is 129 cm³/mol. The van der Waals surface area contributed by atoms with Crippen molar-refractivity contribution in [2.24, 2.45) is 0 Å². The number of hydrogen-bond acceptors (Lipinski definition) is 4. The van der Waals surface area contributed by atoms with Crippen LogP contribution in [0.2, 0.25) is 5.02 Å². The fraction of sp³-hybridized carbons (Fsp3) is 0.308. The highest BCUT2D eigenvalue weighted by molar-refractivity contribution is 6.30. The topological polar surface area (TPSA) is 81.1 Å². The number of nitrogens with zero attached hydrogens (tertiary/aromatic N) is 2. The zero-order chi connectivity index (χ0) is 25.2. The first-order valence-electron chi connectivity index (χ1n) is 10.8. The van der Waals surface area contributed by atoms with Crippen LogP contribution >= 0.6 is 11.6 Å². The molecule has 0 radical (unpaired) electrons. The van der Waals surface area contributed by atoms with E-state index in [1.807, 2.05) is 37.4 Å². The maximum atomic E-state index is 15.1. The Balaban J connectivity index is 2.06. The molecule has 0 spiro atoms. The van der Waals surface area contributed by atoms with Gasteiger partial charge in [-0.1, -0.05) is 54.1 Å². The number of halogens is 2. The number of aliphatic carboxylic acids is 2. The summed E-state index contributed by atoms with van der Waals surface area (Å²) in [5, 5.41) is 20.2. The van der Waals surface area contributed by atoms with Crippen LogP contribution in [0.3, 0.4) is 0 Å². The minimum absolute atomic E-state index is 0.0886. The molecule has 0 unspecified atom stereocenters. The molecular formula is C26H28ClFN2O4. The summed E-state index contributed by atoms with van der Waals surface area (Å²) < 4.78 is 15.1. The Hall–Kier alpha value is -3.16. The Bertz CT molecular complexity index is 1140. The van der Waals surface area contributed by atoms with E-state index in [1.165, 1.54) is 25.1 Å². The molecule has 2 aromatic rings. The molecule has 0 saturated heterocycles. The van der Waals surface area contributed by atoms with Crippen molar-refractivity contribution in [3.05, 3.63) is 93.0 Å². The van der Waals surface area contributed by atoms with Crippen LogP contribution in [0.15, 0.2) is 71.1 Å². The summed E-state index contributed by atoms with van der Waals surface area (Å²) in [5.41, 5.74) is -0.355. The molecule has 0 aromatic heterocycles. The Morgan fingerprint density at radius 1 is 1.00 bits per heavy atom. The Labute approximate surface area is 203 Å². The highest BCUT2D eigenvalue weighted by Gasteiger charge is 2.50. The van der Waals surface area contributed by atoms with E-state index in [-0.39, 0.29) is 21.7 Å². The molecule has 3 rings (SSSR count). The quantitative estimate of drug-likeness (QED) is 0.552. The van der Waals surface area contributed by atoms with Crippen molar-refractivity contribution in [1.82, 2.24) is 9.80 Å². The van der Waals surface area contributed by atoms with E-state index in [1.54, 1.807) is 18.7 Å². The summed E-state index contributed by atoms with van der Waals surface area (Å²) >= 11 is 5.98. The largest absolute Gasteiger partial charge is 0.478 e. The van der Waals surface area contributed by atoms with Crippen LogP contribution in [0.25, 0.3) is 0 Å². The average Bonchev–Trinajstić information content (AvgIpc) is 2.75. The van der Waals surface area contributed by atoms with Crippen LogP contribution in [0.4, 0.5) is 4.39 Å². The van der Waals surface area contributed by atoms with Gasteiger partial charge >= 0.3 is 11.9 Å². The normalized spacial score (nSPS) is 15.8. The van der Waals surface area contributed by atoms with E-state index in [0.717, 1.165) is 5.56 Å². The zero-order valence-electron chi connectivity index (χ0n) is 19.6. The molecule has 2 aromatic carbocycles. The summed E-state index contributed by atoms with van der Waals surface area (Å²) in [5.74, 6) is -3.46. The molecule has 1 aliphatic rings. The fourth-order valence-electron chi connectivity index (χ4n) is 4.85. The predicted octanol–water partition coefficient (Wildman–Crippen LogP) is 4.90. The van der Waals surface area contributed by atoms with Crippen LogP contribution in [-0.2, 0) is 21.5 Å². The maximum absolute atomic E-state index is 15.1. The van der Waals surface area contributed by atoms with Gasteiger partial charge < -0.3 is 20.0 Å². The van der Waals surface area contributed by atoms with E-state index in [2.05, 4.69) is 4.90 Å². The van der Waals surface area contributed by atoms with Crippen LogP contribution in [0.1, 0.15) is 31.9 Å². The molecule has 0 amide bonds. The van der Waals surface area contributed by atoms with Crippen molar-refractivity contribution in [2.75, 3.05) is 20.1 Å². The second-order valence-corrected chi connectivity index (χ2v) is 9.04. The van der Waals surface area contributed by atoms with Gasteiger partial charge in [0, 0.05) is 36.6 Å². The zero-order valence-corrected chi connectivity index (χ0v) is 20.4. The molecule has 0 bridgehead atoms. The summed E-state index contributed by atoms with van der Waals surface area (Å²) in [6, 6.07) is 14.1. The molecule has 34 heavy (non-hydrogen) atoms. The van der Waals surface area contributed by atoms with Crippen molar-refractivity contribution in [3.63, 3.8) is 0 Å². The molecule has 2 N–H and O–H groups in total. The molecule has 6 nitrogen and oxygen atoms in total. The fourth-order valence-corrected chi connectivity index (χ4v) is 5.02. The van der Waals surface area contributed by atoms with E-state index in [9.17, 15) is 19.8 Å². The molecule has 0 fully saturated rings. The van der Waals surface area contributed by atoms with E-state index >= 15 is 4.39 Å². The maximum Gasteiger partial charge on any atom is 0.334 e. The third kappa shape index (κ3) is 4.58. The number of likely N-dealkylation sites (N-methyl/N-ethyl adjacent to an activating group) is 1. The van der Waals surface area contributed by atoms with Crippen molar-refractivity contribution in [1.29, 1.82) is 0 Å². The standard InChI is InChI=1S/C26H28ClFN2O4/c1-16-21(24(31)32)26(3,19-11-8-12-20(27)23(19)28)22(25(33)34)17(2)30(16)14-13-29(4)15-18-9-6-5-7-10-18/h5-12H,13-15H2,1-4H3,(H,31,32)(H,33,34). The van der Waals surface area contributed by atoms with Gasteiger partial charge in [0.1, 0.15) is 5.82 Å². The lowest BCUT2D eigenvalue weighted by Gasteiger charge is -2.43. The second kappa shape index (κ2) is 9.99. The molecule has 180 valence electrons. The van der Waals surface area contributed by atoms with Crippen molar-refractivity contribution in [2.45, 2.75) is 32.7 Å². The Morgan fingerprint density at radius 3 is 2.09 bits per heavy atom. The first-order valence-corrected chi connectivity index (χ1v) is 11.2. The van der Waals surface area contributed by atoms with Crippen LogP contribution in [0, 0.1) is 5.82 Å². The highest BCUT2D eigenvalue weighted by atomic mass is 35.5. The number of hydrogen-bond donors (Lipinski definition) is 2. The van der Waals surface area contributed by atoms with Gasteiger partial charge in [-0.2, -0.15) is 0 Å². The van der Waals surface area contributed by atoms with E-state index in [0.29, 0.717) is 31.0 Å². The monoisotopic (exact) mass is 486 g/mol.